The second-order valence-electron chi connectivity index (χ2n) is 6.07. The lowest BCUT2D eigenvalue weighted by Crippen LogP contribution is -2.53. The third-order valence-electron chi connectivity index (χ3n) is 4.76. The number of methoxy groups -OCH3 is 1. The lowest BCUT2D eigenvalue weighted by Gasteiger charge is -2.31. The normalized spacial score (nSPS) is 10.8. The zero-order chi connectivity index (χ0) is 18.4. The van der Waals surface area contributed by atoms with Gasteiger partial charge in [0.2, 0.25) is 0 Å². The molecule has 0 bridgehead atoms. The van der Waals surface area contributed by atoms with Crippen molar-refractivity contribution in [3.05, 3.63) is 53.8 Å². The van der Waals surface area contributed by atoms with Gasteiger partial charge in [-0.2, -0.15) is 0 Å². The van der Waals surface area contributed by atoms with E-state index in [4.69, 9.17) is 10.5 Å². The molecule has 0 saturated heterocycles. The molecular formula is C20H26ClFN2O2. The number of nitrogens with two attached hydrogens (primary N) is 1. The summed E-state index contributed by atoms with van der Waals surface area (Å²) in [4.78, 5) is 12.5. The molecule has 0 atom stereocenters. The van der Waals surface area contributed by atoms with Crippen LogP contribution < -0.4 is 15.8 Å². The van der Waals surface area contributed by atoms with Gasteiger partial charge in [-0.1, -0.05) is 32.0 Å². The second-order valence-corrected chi connectivity index (χ2v) is 6.07. The fourth-order valence-corrected chi connectivity index (χ4v) is 2.74. The summed E-state index contributed by atoms with van der Waals surface area (Å²) in [6.07, 6.45) is 1.38. The van der Waals surface area contributed by atoms with Gasteiger partial charge in [-0.15, -0.1) is 12.4 Å². The Labute approximate surface area is 160 Å². The molecule has 0 aliphatic rings. The number of amides is 1. The molecule has 0 heterocycles. The molecular weight excluding hydrogens is 355 g/mol. The maximum Gasteiger partial charge on any atom is 0.254 e. The zero-order valence-electron chi connectivity index (χ0n) is 15.3. The van der Waals surface area contributed by atoms with Crippen LogP contribution in [0.15, 0.2) is 42.5 Å². The number of benzene rings is 2. The van der Waals surface area contributed by atoms with Gasteiger partial charge in [0.15, 0.2) is 0 Å². The molecule has 0 aliphatic heterocycles. The topological polar surface area (TPSA) is 64.3 Å². The molecule has 0 unspecified atom stereocenters. The highest BCUT2D eigenvalue weighted by atomic mass is 35.5. The molecule has 0 spiro atoms. The SMILES string of the molecule is CCC(CC)(CN)NC(=O)c1ccc(-c2ccc(OC)cc2)cc1F.Cl. The van der Waals surface area contributed by atoms with Crippen LogP contribution >= 0.6 is 12.4 Å². The summed E-state index contributed by atoms with van der Waals surface area (Å²) in [5.41, 5.74) is 6.88. The molecule has 0 fully saturated rings. The van der Waals surface area contributed by atoms with Crippen LogP contribution in [-0.4, -0.2) is 25.1 Å². The van der Waals surface area contributed by atoms with Crippen LogP contribution in [-0.2, 0) is 0 Å². The Bertz CT molecular complexity index is 723. The smallest absolute Gasteiger partial charge is 0.254 e. The molecule has 0 aliphatic carbocycles. The number of nitrogens with one attached hydrogen (secondary N) is 1. The van der Waals surface area contributed by atoms with E-state index in [1.807, 2.05) is 38.1 Å². The Morgan fingerprint density at radius 2 is 1.69 bits per heavy atom. The van der Waals surface area contributed by atoms with Crippen molar-refractivity contribution < 1.29 is 13.9 Å². The fourth-order valence-electron chi connectivity index (χ4n) is 2.74. The maximum atomic E-state index is 14.5. The van der Waals surface area contributed by atoms with Gasteiger partial charge in [0.25, 0.3) is 5.91 Å². The van der Waals surface area contributed by atoms with E-state index >= 15 is 0 Å². The molecule has 3 N–H and O–H groups in total. The molecule has 0 saturated carbocycles. The van der Waals surface area contributed by atoms with Crippen LogP contribution in [0.25, 0.3) is 11.1 Å². The second kappa shape index (κ2) is 9.55. The first-order valence-corrected chi connectivity index (χ1v) is 8.45. The highest BCUT2D eigenvalue weighted by Crippen LogP contribution is 2.25. The summed E-state index contributed by atoms with van der Waals surface area (Å²) in [5, 5.41) is 2.89. The minimum Gasteiger partial charge on any atom is -0.497 e. The summed E-state index contributed by atoms with van der Waals surface area (Å²) in [7, 11) is 1.59. The van der Waals surface area contributed by atoms with Crippen molar-refractivity contribution in [3.63, 3.8) is 0 Å². The monoisotopic (exact) mass is 380 g/mol. The third-order valence-corrected chi connectivity index (χ3v) is 4.76. The molecule has 26 heavy (non-hydrogen) atoms. The van der Waals surface area contributed by atoms with Crippen LogP contribution in [0.2, 0.25) is 0 Å². The fraction of sp³-hybridized carbons (Fsp3) is 0.350. The molecule has 142 valence electrons. The van der Waals surface area contributed by atoms with E-state index in [1.165, 1.54) is 12.1 Å². The number of carbonyl (C=O) groups is 1. The Morgan fingerprint density at radius 1 is 1.12 bits per heavy atom. The quantitative estimate of drug-likeness (QED) is 0.757. The average molecular weight is 381 g/mol. The summed E-state index contributed by atoms with van der Waals surface area (Å²) < 4.78 is 19.6. The van der Waals surface area contributed by atoms with Crippen molar-refractivity contribution in [2.24, 2.45) is 5.73 Å². The standard InChI is InChI=1S/C20H25FN2O2.ClH/c1-4-20(5-2,13-22)23-19(24)17-11-8-15(12-18(17)21)14-6-9-16(25-3)10-7-14;/h6-12H,4-5,13,22H2,1-3H3,(H,23,24);1H. The lowest BCUT2D eigenvalue weighted by molar-refractivity contribution is 0.0891. The van der Waals surface area contributed by atoms with E-state index in [9.17, 15) is 9.18 Å². The number of ether oxygens (including phenoxy) is 1. The van der Waals surface area contributed by atoms with Crippen molar-refractivity contribution in [2.45, 2.75) is 32.2 Å². The van der Waals surface area contributed by atoms with Gasteiger partial charge >= 0.3 is 0 Å². The van der Waals surface area contributed by atoms with Gasteiger partial charge < -0.3 is 15.8 Å². The Kier molecular flexibility index (Phi) is 8.06. The predicted octanol–water partition coefficient (Wildman–Crippen LogP) is 4.17. The predicted molar refractivity (Wildman–Crippen MR) is 105 cm³/mol. The minimum atomic E-state index is -0.552. The highest BCUT2D eigenvalue weighted by molar-refractivity contribution is 5.95. The molecule has 0 aromatic heterocycles. The molecule has 2 rings (SSSR count). The van der Waals surface area contributed by atoms with Crippen molar-refractivity contribution in [3.8, 4) is 16.9 Å². The van der Waals surface area contributed by atoms with Crippen LogP contribution in [0, 0.1) is 5.82 Å². The first kappa shape index (κ1) is 21.9. The van der Waals surface area contributed by atoms with E-state index in [1.54, 1.807) is 13.2 Å². The first-order valence-electron chi connectivity index (χ1n) is 8.45. The van der Waals surface area contributed by atoms with Gasteiger partial charge in [0.05, 0.1) is 18.2 Å². The number of carbonyl (C=O) groups excluding carboxylic acids is 1. The molecule has 6 heteroatoms. The summed E-state index contributed by atoms with van der Waals surface area (Å²) in [6, 6.07) is 11.9. The van der Waals surface area contributed by atoms with Gasteiger partial charge in [0.1, 0.15) is 11.6 Å². The van der Waals surface area contributed by atoms with E-state index < -0.39 is 17.3 Å². The van der Waals surface area contributed by atoms with Crippen molar-refractivity contribution in [1.29, 1.82) is 0 Å². The van der Waals surface area contributed by atoms with Crippen molar-refractivity contribution >= 4 is 18.3 Å². The number of hydrogen-bond acceptors (Lipinski definition) is 3. The maximum absolute atomic E-state index is 14.5. The Balaban J connectivity index is 0.00000338. The zero-order valence-corrected chi connectivity index (χ0v) is 16.2. The molecule has 2 aromatic carbocycles. The Morgan fingerprint density at radius 3 is 2.15 bits per heavy atom. The number of halogens is 2. The summed E-state index contributed by atoms with van der Waals surface area (Å²) in [6.45, 7) is 4.23. The van der Waals surface area contributed by atoms with Crippen LogP contribution in [0.1, 0.15) is 37.0 Å². The van der Waals surface area contributed by atoms with Gasteiger partial charge in [-0.05, 0) is 48.2 Å². The van der Waals surface area contributed by atoms with Gasteiger partial charge in [-0.25, -0.2) is 4.39 Å². The molecule has 2 aromatic rings. The van der Waals surface area contributed by atoms with Crippen LogP contribution in [0.5, 0.6) is 5.75 Å². The lowest BCUT2D eigenvalue weighted by atomic mass is 9.92. The number of rotatable bonds is 7. The highest BCUT2D eigenvalue weighted by Gasteiger charge is 2.27. The summed E-state index contributed by atoms with van der Waals surface area (Å²) in [5.74, 6) is -0.255. The molecule has 1 amide bonds. The van der Waals surface area contributed by atoms with Crippen LogP contribution in [0.3, 0.4) is 0 Å². The van der Waals surface area contributed by atoms with E-state index in [0.717, 1.165) is 11.3 Å². The molecule has 0 radical (unpaired) electrons. The largest absolute Gasteiger partial charge is 0.497 e. The summed E-state index contributed by atoms with van der Waals surface area (Å²) >= 11 is 0. The third kappa shape index (κ3) is 4.74. The van der Waals surface area contributed by atoms with E-state index in [0.29, 0.717) is 24.9 Å². The van der Waals surface area contributed by atoms with Crippen molar-refractivity contribution in [2.75, 3.05) is 13.7 Å². The number of hydrogen-bond donors (Lipinski definition) is 2. The first-order chi connectivity index (χ1) is 12.0. The average Bonchev–Trinajstić information content (AvgIpc) is 2.66. The molecule has 4 nitrogen and oxygen atoms in total. The Hall–Kier alpha value is -2.11. The van der Waals surface area contributed by atoms with E-state index in [2.05, 4.69) is 5.32 Å². The minimum absolute atomic E-state index is 0. The van der Waals surface area contributed by atoms with Crippen LogP contribution in [0.4, 0.5) is 4.39 Å². The van der Waals surface area contributed by atoms with Crippen molar-refractivity contribution in [1.82, 2.24) is 5.32 Å². The van der Waals surface area contributed by atoms with Gasteiger partial charge in [-0.3, -0.25) is 4.79 Å². The van der Waals surface area contributed by atoms with E-state index in [-0.39, 0.29) is 18.0 Å². The van der Waals surface area contributed by atoms with Gasteiger partial charge in [0, 0.05) is 6.54 Å².